The van der Waals surface area contributed by atoms with Gasteiger partial charge >= 0.3 is 86.3 Å². The van der Waals surface area contributed by atoms with Crippen molar-refractivity contribution >= 4 is 14.3 Å². The Labute approximate surface area is 86.5 Å². The van der Waals surface area contributed by atoms with Crippen LogP contribution in [-0.2, 0) is 6.42 Å². The Bertz CT molecular complexity index is 214. The standard InChI is InChI=1S/C12H19Ge/c1-3-13(4-2)11-10-12-8-6-5-7-9-12/h5-9H,3-4,10-11H2,1-2H3. The minimum absolute atomic E-state index is 0.618. The first-order chi connectivity index (χ1) is 6.36. The molecule has 0 unspecified atom stereocenters. The van der Waals surface area contributed by atoms with E-state index in [2.05, 4.69) is 44.2 Å². The summed E-state index contributed by atoms with van der Waals surface area (Å²) in [4.78, 5) is 0. The van der Waals surface area contributed by atoms with Gasteiger partial charge in [0.05, 0.1) is 0 Å². The van der Waals surface area contributed by atoms with Crippen molar-refractivity contribution in [1.82, 2.24) is 0 Å². The fourth-order valence-electron chi connectivity index (χ4n) is 1.57. The van der Waals surface area contributed by atoms with Crippen LogP contribution in [0, 0.1) is 0 Å². The molecule has 0 aliphatic heterocycles. The number of rotatable bonds is 5. The Morgan fingerprint density at radius 2 is 1.62 bits per heavy atom. The zero-order valence-electron chi connectivity index (χ0n) is 8.72. The maximum absolute atomic E-state index is 2.36. The fraction of sp³-hybridized carbons (Fsp3) is 0.500. The van der Waals surface area contributed by atoms with E-state index in [1.54, 1.807) is 0 Å². The molecule has 0 heterocycles. The van der Waals surface area contributed by atoms with Gasteiger partial charge in [-0.3, -0.25) is 0 Å². The molecule has 71 valence electrons. The topological polar surface area (TPSA) is 0 Å². The molecule has 0 aliphatic carbocycles. The summed E-state index contributed by atoms with van der Waals surface area (Å²) in [6.45, 7) is 4.73. The van der Waals surface area contributed by atoms with E-state index in [4.69, 9.17) is 0 Å². The molecule has 0 aliphatic rings. The molecule has 1 heteroatoms. The second kappa shape index (κ2) is 6.25. The Kier molecular flexibility index (Phi) is 5.21. The summed E-state index contributed by atoms with van der Waals surface area (Å²) in [7, 11) is 0. The van der Waals surface area contributed by atoms with Crippen LogP contribution in [-0.4, -0.2) is 14.3 Å². The summed E-state index contributed by atoms with van der Waals surface area (Å²) in [6, 6.07) is 10.9. The third-order valence-electron chi connectivity index (χ3n) is 2.61. The SMILES string of the molecule is C[CH2][Ge]([CH2]C)[CH2]Cc1ccccc1. The van der Waals surface area contributed by atoms with E-state index < -0.39 is 14.3 Å². The summed E-state index contributed by atoms with van der Waals surface area (Å²) in [5, 5.41) is 4.49. The van der Waals surface area contributed by atoms with E-state index in [9.17, 15) is 0 Å². The molecule has 0 saturated carbocycles. The molecule has 1 aromatic rings. The van der Waals surface area contributed by atoms with Gasteiger partial charge in [-0.2, -0.15) is 0 Å². The van der Waals surface area contributed by atoms with Crippen molar-refractivity contribution in [2.24, 2.45) is 0 Å². The monoisotopic (exact) mass is 237 g/mol. The van der Waals surface area contributed by atoms with Gasteiger partial charge in [0.25, 0.3) is 0 Å². The fourth-order valence-corrected chi connectivity index (χ4v) is 5.45. The minimum atomic E-state index is -0.618. The van der Waals surface area contributed by atoms with Gasteiger partial charge in [0.1, 0.15) is 0 Å². The average Bonchev–Trinajstić information content (AvgIpc) is 2.21. The zero-order chi connectivity index (χ0) is 9.52. The number of benzene rings is 1. The van der Waals surface area contributed by atoms with Gasteiger partial charge in [-0.1, -0.05) is 0 Å². The predicted molar refractivity (Wildman–Crippen MR) is 61.7 cm³/mol. The Morgan fingerprint density at radius 3 is 2.15 bits per heavy atom. The molecule has 1 radical (unpaired) electrons. The maximum atomic E-state index is 2.36. The van der Waals surface area contributed by atoms with Gasteiger partial charge in [0.15, 0.2) is 0 Å². The zero-order valence-corrected chi connectivity index (χ0v) is 10.8. The van der Waals surface area contributed by atoms with E-state index in [0.29, 0.717) is 0 Å². The Balaban J connectivity index is 2.34. The van der Waals surface area contributed by atoms with E-state index >= 15 is 0 Å². The van der Waals surface area contributed by atoms with Crippen molar-refractivity contribution < 1.29 is 0 Å². The molecule has 0 N–H and O–H groups in total. The molecule has 0 atom stereocenters. The first-order valence-electron chi connectivity index (χ1n) is 5.24. The summed E-state index contributed by atoms with van der Waals surface area (Å²) >= 11 is -0.618. The predicted octanol–water partition coefficient (Wildman–Crippen LogP) is 3.76. The molecular formula is C12H19Ge. The molecule has 0 aromatic heterocycles. The van der Waals surface area contributed by atoms with Crippen LogP contribution in [0.2, 0.25) is 15.8 Å². The van der Waals surface area contributed by atoms with Gasteiger partial charge < -0.3 is 0 Å². The van der Waals surface area contributed by atoms with Gasteiger partial charge in [-0.05, 0) is 0 Å². The molecule has 13 heavy (non-hydrogen) atoms. The van der Waals surface area contributed by atoms with Crippen molar-refractivity contribution in [1.29, 1.82) is 0 Å². The number of hydrogen-bond donors (Lipinski definition) is 0. The average molecular weight is 236 g/mol. The van der Waals surface area contributed by atoms with Crippen LogP contribution in [0.25, 0.3) is 0 Å². The Hall–Kier alpha value is -0.237. The van der Waals surface area contributed by atoms with Crippen LogP contribution in [0.5, 0.6) is 0 Å². The third-order valence-corrected chi connectivity index (χ3v) is 8.81. The van der Waals surface area contributed by atoms with Crippen molar-refractivity contribution in [3.8, 4) is 0 Å². The molecular weight excluding hydrogens is 217 g/mol. The van der Waals surface area contributed by atoms with Gasteiger partial charge in [0.2, 0.25) is 0 Å². The number of hydrogen-bond acceptors (Lipinski definition) is 0. The molecule has 0 nitrogen and oxygen atoms in total. The van der Waals surface area contributed by atoms with Gasteiger partial charge in [-0.15, -0.1) is 0 Å². The van der Waals surface area contributed by atoms with E-state index in [0.717, 1.165) is 0 Å². The van der Waals surface area contributed by atoms with Crippen molar-refractivity contribution in [2.75, 3.05) is 0 Å². The second-order valence-electron chi connectivity index (χ2n) is 3.44. The molecule has 1 rings (SSSR count). The normalized spacial score (nSPS) is 10.7. The van der Waals surface area contributed by atoms with Gasteiger partial charge in [0, 0.05) is 0 Å². The molecule has 0 fully saturated rings. The first-order valence-corrected chi connectivity index (χ1v) is 9.69. The summed E-state index contributed by atoms with van der Waals surface area (Å²) < 4.78 is 0. The quantitative estimate of drug-likeness (QED) is 0.682. The Morgan fingerprint density at radius 1 is 1.00 bits per heavy atom. The second-order valence-corrected chi connectivity index (χ2v) is 10.6. The third kappa shape index (κ3) is 3.99. The van der Waals surface area contributed by atoms with Crippen LogP contribution >= 0.6 is 0 Å². The molecule has 0 amide bonds. The van der Waals surface area contributed by atoms with Crippen LogP contribution in [0.3, 0.4) is 0 Å². The molecule has 0 saturated heterocycles. The first kappa shape index (κ1) is 10.8. The van der Waals surface area contributed by atoms with Crippen LogP contribution in [0.15, 0.2) is 30.3 Å². The van der Waals surface area contributed by atoms with Crippen LogP contribution in [0.4, 0.5) is 0 Å². The van der Waals surface area contributed by atoms with Crippen LogP contribution in [0.1, 0.15) is 19.4 Å². The molecule has 0 bridgehead atoms. The van der Waals surface area contributed by atoms with Gasteiger partial charge in [-0.25, -0.2) is 0 Å². The van der Waals surface area contributed by atoms with Crippen molar-refractivity contribution in [2.45, 2.75) is 36.0 Å². The van der Waals surface area contributed by atoms with Crippen molar-refractivity contribution in [3.05, 3.63) is 35.9 Å². The van der Waals surface area contributed by atoms with E-state index in [1.165, 1.54) is 27.7 Å². The van der Waals surface area contributed by atoms with E-state index in [1.807, 2.05) is 0 Å². The molecule has 0 spiro atoms. The summed E-state index contributed by atoms with van der Waals surface area (Å²) in [5.41, 5.74) is 1.52. The summed E-state index contributed by atoms with van der Waals surface area (Å²) in [5.74, 6) is 0. The van der Waals surface area contributed by atoms with E-state index in [-0.39, 0.29) is 0 Å². The van der Waals surface area contributed by atoms with Crippen LogP contribution < -0.4 is 0 Å². The number of aryl methyl sites for hydroxylation is 1. The van der Waals surface area contributed by atoms with Crippen molar-refractivity contribution in [3.63, 3.8) is 0 Å². The summed E-state index contributed by atoms with van der Waals surface area (Å²) in [6.07, 6.45) is 1.32. The molecule has 1 aromatic carbocycles.